The smallest absolute Gasteiger partial charge is 0.317 e. The van der Waals surface area contributed by atoms with Crippen molar-refractivity contribution in [2.75, 3.05) is 13.6 Å². The van der Waals surface area contributed by atoms with Gasteiger partial charge in [0.1, 0.15) is 5.75 Å². The summed E-state index contributed by atoms with van der Waals surface area (Å²) >= 11 is 0. The summed E-state index contributed by atoms with van der Waals surface area (Å²) in [5, 5.41) is 2.68. The van der Waals surface area contributed by atoms with E-state index in [1.165, 1.54) is 4.90 Å². The Bertz CT molecular complexity index is 902. The van der Waals surface area contributed by atoms with Gasteiger partial charge in [-0.05, 0) is 43.5 Å². The summed E-state index contributed by atoms with van der Waals surface area (Å²) < 4.78 is 5.68. The molecule has 8 nitrogen and oxygen atoms in total. The lowest BCUT2D eigenvalue weighted by molar-refractivity contribution is -0.132. The third kappa shape index (κ3) is 7.65. The van der Waals surface area contributed by atoms with Gasteiger partial charge in [-0.25, -0.2) is 4.79 Å². The fourth-order valence-electron chi connectivity index (χ4n) is 2.74. The van der Waals surface area contributed by atoms with Gasteiger partial charge in [0.15, 0.2) is 6.10 Å². The molecule has 0 saturated heterocycles. The molecule has 0 aliphatic heterocycles. The Kier molecular flexibility index (Phi) is 8.87. The van der Waals surface area contributed by atoms with Crippen LogP contribution in [0.4, 0.5) is 4.79 Å². The molecule has 0 aliphatic carbocycles. The van der Waals surface area contributed by atoms with Crippen molar-refractivity contribution >= 4 is 17.8 Å². The molecule has 4 amide bonds. The van der Waals surface area contributed by atoms with Crippen LogP contribution in [0.5, 0.6) is 5.75 Å². The first-order valence-corrected chi connectivity index (χ1v) is 10.1. The third-order valence-corrected chi connectivity index (χ3v) is 4.79. The largest absolute Gasteiger partial charge is 0.481 e. The van der Waals surface area contributed by atoms with Gasteiger partial charge in [-0.2, -0.15) is 0 Å². The van der Waals surface area contributed by atoms with E-state index in [9.17, 15) is 14.4 Å². The molecule has 0 fully saturated rings. The molecule has 0 aromatic heterocycles. The Balaban J connectivity index is 1.67. The van der Waals surface area contributed by atoms with Crippen molar-refractivity contribution in [2.24, 2.45) is 0 Å². The van der Waals surface area contributed by atoms with E-state index < -0.39 is 17.9 Å². The van der Waals surface area contributed by atoms with Crippen LogP contribution in [0.15, 0.2) is 48.5 Å². The minimum atomic E-state index is -0.785. The monoisotopic (exact) mass is 426 g/mol. The number of nitrogens with zero attached hydrogens (tertiary/aromatic N) is 1. The standard InChI is InChI=1S/C23H30N4O4/c1-16-9-8-12-20(17(16)2)31-18(3)22(29)26-25-21(28)13-14-24-23(30)27(4)15-19-10-6-5-7-11-19/h5-12,18H,13-15H2,1-4H3,(H,24,30)(H,25,28)(H,26,29). The molecule has 1 atom stereocenters. The number of hydrogen-bond acceptors (Lipinski definition) is 4. The van der Waals surface area contributed by atoms with E-state index in [-0.39, 0.29) is 19.0 Å². The van der Waals surface area contributed by atoms with Crippen LogP contribution in [0.1, 0.15) is 30.0 Å². The minimum Gasteiger partial charge on any atom is -0.481 e. The molecule has 1 unspecified atom stereocenters. The Morgan fingerprint density at radius 3 is 2.42 bits per heavy atom. The highest BCUT2D eigenvalue weighted by Crippen LogP contribution is 2.21. The van der Waals surface area contributed by atoms with Gasteiger partial charge < -0.3 is 15.0 Å². The Morgan fingerprint density at radius 2 is 1.71 bits per heavy atom. The number of carbonyl (C=O) groups is 3. The van der Waals surface area contributed by atoms with Crippen LogP contribution in [-0.4, -0.2) is 42.4 Å². The molecule has 0 saturated carbocycles. The van der Waals surface area contributed by atoms with Crippen molar-refractivity contribution in [3.8, 4) is 5.75 Å². The number of aryl methyl sites for hydroxylation is 1. The summed E-state index contributed by atoms with van der Waals surface area (Å²) in [4.78, 5) is 37.7. The topological polar surface area (TPSA) is 99.8 Å². The lowest BCUT2D eigenvalue weighted by Gasteiger charge is -2.18. The van der Waals surface area contributed by atoms with Gasteiger partial charge in [0.25, 0.3) is 5.91 Å². The van der Waals surface area contributed by atoms with E-state index in [2.05, 4.69) is 16.2 Å². The normalized spacial score (nSPS) is 11.2. The number of benzene rings is 2. The van der Waals surface area contributed by atoms with E-state index >= 15 is 0 Å². The molecule has 0 radical (unpaired) electrons. The van der Waals surface area contributed by atoms with Gasteiger partial charge in [0, 0.05) is 26.6 Å². The van der Waals surface area contributed by atoms with Crippen molar-refractivity contribution in [1.82, 2.24) is 21.1 Å². The first-order chi connectivity index (χ1) is 14.8. The zero-order valence-electron chi connectivity index (χ0n) is 18.4. The highest BCUT2D eigenvalue weighted by Gasteiger charge is 2.17. The number of rotatable bonds is 8. The maximum atomic E-state index is 12.2. The van der Waals surface area contributed by atoms with Gasteiger partial charge in [-0.1, -0.05) is 42.5 Å². The summed E-state index contributed by atoms with van der Waals surface area (Å²) in [6, 6.07) is 14.9. The van der Waals surface area contributed by atoms with Crippen molar-refractivity contribution < 1.29 is 19.1 Å². The summed E-state index contributed by atoms with van der Waals surface area (Å²) in [6.45, 7) is 6.10. The van der Waals surface area contributed by atoms with Gasteiger partial charge >= 0.3 is 6.03 Å². The predicted octanol–water partition coefficient (Wildman–Crippen LogP) is 2.45. The van der Waals surface area contributed by atoms with E-state index in [1.54, 1.807) is 20.0 Å². The van der Waals surface area contributed by atoms with Crippen LogP contribution < -0.4 is 20.9 Å². The number of carbonyl (C=O) groups excluding carboxylic acids is 3. The fraction of sp³-hybridized carbons (Fsp3) is 0.348. The highest BCUT2D eigenvalue weighted by atomic mass is 16.5. The van der Waals surface area contributed by atoms with Crippen LogP contribution >= 0.6 is 0 Å². The first kappa shape index (κ1) is 23.7. The quantitative estimate of drug-likeness (QED) is 0.565. The van der Waals surface area contributed by atoms with E-state index in [4.69, 9.17) is 4.74 Å². The average Bonchev–Trinajstić information content (AvgIpc) is 2.75. The second kappa shape index (κ2) is 11.6. The third-order valence-electron chi connectivity index (χ3n) is 4.79. The summed E-state index contributed by atoms with van der Waals surface area (Å²) in [7, 11) is 1.68. The van der Waals surface area contributed by atoms with Crippen LogP contribution in [0.25, 0.3) is 0 Å². The van der Waals surface area contributed by atoms with Crippen LogP contribution in [0, 0.1) is 13.8 Å². The molecule has 0 aliphatic rings. The van der Waals surface area contributed by atoms with Gasteiger partial charge in [-0.15, -0.1) is 0 Å². The Labute approximate surface area is 182 Å². The van der Waals surface area contributed by atoms with E-state index in [0.29, 0.717) is 12.3 Å². The first-order valence-electron chi connectivity index (χ1n) is 10.1. The molecule has 31 heavy (non-hydrogen) atoms. The van der Waals surface area contributed by atoms with Crippen molar-refractivity contribution in [1.29, 1.82) is 0 Å². The number of nitrogens with one attached hydrogen (secondary N) is 3. The van der Waals surface area contributed by atoms with Crippen LogP contribution in [0.2, 0.25) is 0 Å². The summed E-state index contributed by atoms with van der Waals surface area (Å²) in [5.41, 5.74) is 7.71. The summed E-state index contributed by atoms with van der Waals surface area (Å²) in [6.07, 6.45) is -0.760. The Morgan fingerprint density at radius 1 is 1.00 bits per heavy atom. The van der Waals surface area contributed by atoms with Crippen molar-refractivity contribution in [3.63, 3.8) is 0 Å². The number of amides is 4. The number of urea groups is 1. The Hall–Kier alpha value is -3.55. The van der Waals surface area contributed by atoms with Crippen LogP contribution in [-0.2, 0) is 16.1 Å². The second-order valence-corrected chi connectivity index (χ2v) is 7.32. The molecule has 0 bridgehead atoms. The predicted molar refractivity (Wildman–Crippen MR) is 118 cm³/mol. The van der Waals surface area contributed by atoms with Crippen molar-refractivity contribution in [3.05, 3.63) is 65.2 Å². The van der Waals surface area contributed by atoms with E-state index in [1.807, 2.05) is 56.3 Å². The van der Waals surface area contributed by atoms with Crippen LogP contribution in [0.3, 0.4) is 0 Å². The number of hydrazine groups is 1. The maximum absolute atomic E-state index is 12.2. The molecular formula is C23H30N4O4. The molecule has 2 aromatic rings. The molecule has 2 aromatic carbocycles. The lowest BCUT2D eigenvalue weighted by Crippen LogP contribution is -2.48. The molecule has 2 rings (SSSR count). The minimum absolute atomic E-state index is 0.0252. The summed E-state index contributed by atoms with van der Waals surface area (Å²) in [5.74, 6) is -0.268. The van der Waals surface area contributed by atoms with E-state index in [0.717, 1.165) is 16.7 Å². The van der Waals surface area contributed by atoms with Gasteiger partial charge in [0.05, 0.1) is 0 Å². The maximum Gasteiger partial charge on any atom is 0.317 e. The molecule has 0 spiro atoms. The average molecular weight is 427 g/mol. The van der Waals surface area contributed by atoms with Gasteiger partial charge in [0.2, 0.25) is 5.91 Å². The molecule has 166 valence electrons. The lowest BCUT2D eigenvalue weighted by atomic mass is 10.1. The highest BCUT2D eigenvalue weighted by molar-refractivity contribution is 5.85. The number of ether oxygens (including phenoxy) is 1. The second-order valence-electron chi connectivity index (χ2n) is 7.32. The molecule has 0 heterocycles. The fourth-order valence-corrected chi connectivity index (χ4v) is 2.74. The van der Waals surface area contributed by atoms with Gasteiger partial charge in [-0.3, -0.25) is 20.4 Å². The zero-order chi connectivity index (χ0) is 22.8. The molecular weight excluding hydrogens is 396 g/mol. The molecule has 8 heteroatoms. The number of hydrogen-bond donors (Lipinski definition) is 3. The van der Waals surface area contributed by atoms with Crippen molar-refractivity contribution in [2.45, 2.75) is 39.8 Å². The zero-order valence-corrected chi connectivity index (χ0v) is 18.4. The SMILES string of the molecule is Cc1cccc(OC(C)C(=O)NNC(=O)CCNC(=O)N(C)Cc2ccccc2)c1C. The molecule has 3 N–H and O–H groups in total.